The largest absolute Gasteiger partial charge is 0.493 e. The summed E-state index contributed by atoms with van der Waals surface area (Å²) in [6.07, 6.45) is -6.31. The molecule has 1 aliphatic rings. The van der Waals surface area contributed by atoms with E-state index in [2.05, 4.69) is 4.98 Å². The molecule has 182 valence electrons. The highest BCUT2D eigenvalue weighted by Crippen LogP contribution is 2.59. The predicted octanol–water partition coefficient (Wildman–Crippen LogP) is 6.42. The van der Waals surface area contributed by atoms with Gasteiger partial charge in [-0.25, -0.2) is 8.78 Å². The van der Waals surface area contributed by atoms with Crippen LogP contribution in [0.3, 0.4) is 0 Å². The molecule has 1 aromatic heterocycles. The van der Waals surface area contributed by atoms with Crippen LogP contribution in [0, 0.1) is 23.4 Å². The van der Waals surface area contributed by atoms with Gasteiger partial charge in [-0.15, -0.1) is 0 Å². The van der Waals surface area contributed by atoms with Gasteiger partial charge in [0.05, 0.1) is 17.6 Å². The molecule has 11 heteroatoms. The van der Waals surface area contributed by atoms with Crippen LogP contribution in [0.5, 0.6) is 5.75 Å². The molecule has 1 fully saturated rings. The number of fused-ring (bicyclic) bond motifs is 1. The minimum absolute atomic E-state index is 0.0155. The number of rotatable bonds is 3. The van der Waals surface area contributed by atoms with Crippen LogP contribution < -0.4 is 10.2 Å². The molecule has 4 nitrogen and oxygen atoms in total. The molecule has 2 aromatic carbocycles. The van der Waals surface area contributed by atoms with Gasteiger partial charge in [-0.3, -0.25) is 4.79 Å². The quantitative estimate of drug-likeness (QED) is 0.418. The Hall–Kier alpha value is -2.72. The summed E-state index contributed by atoms with van der Waals surface area (Å²) in [7, 11) is 1.06. The van der Waals surface area contributed by atoms with Gasteiger partial charge in [-0.05, 0) is 25.1 Å². The topological polar surface area (TPSA) is 51.3 Å². The Morgan fingerprint density at radius 3 is 2.41 bits per heavy atom. The third-order valence-corrected chi connectivity index (χ3v) is 6.80. The van der Waals surface area contributed by atoms with E-state index in [4.69, 9.17) is 21.1 Å². The molecule has 1 aliphatic heterocycles. The third kappa shape index (κ3) is 3.63. The van der Waals surface area contributed by atoms with Crippen molar-refractivity contribution in [2.24, 2.45) is 5.92 Å². The molecular formula is C23H18ClF6NO3. The summed E-state index contributed by atoms with van der Waals surface area (Å²) < 4.78 is 95.2. The summed E-state index contributed by atoms with van der Waals surface area (Å²) in [5.41, 5.74) is -3.54. The lowest BCUT2D eigenvalue weighted by Gasteiger charge is -2.32. The molecule has 1 saturated heterocycles. The molecule has 4 rings (SSSR count). The van der Waals surface area contributed by atoms with Gasteiger partial charge in [0.2, 0.25) is 5.82 Å². The molecule has 0 unspecified atom stereocenters. The van der Waals surface area contributed by atoms with Gasteiger partial charge in [0.25, 0.3) is 0 Å². The summed E-state index contributed by atoms with van der Waals surface area (Å²) in [5.74, 6) is -6.57. The number of H-pyrrole nitrogens is 1. The monoisotopic (exact) mass is 505 g/mol. The first-order valence-corrected chi connectivity index (χ1v) is 10.5. The van der Waals surface area contributed by atoms with Crippen LogP contribution in [0.15, 0.2) is 35.1 Å². The lowest BCUT2D eigenvalue weighted by atomic mass is 9.76. The normalized spacial score (nSPS) is 25.2. The van der Waals surface area contributed by atoms with Crippen LogP contribution in [0.4, 0.5) is 26.3 Å². The number of methoxy groups -OCH3 is 1. The molecule has 0 aliphatic carbocycles. The van der Waals surface area contributed by atoms with Gasteiger partial charge in [0.15, 0.2) is 22.6 Å². The van der Waals surface area contributed by atoms with Crippen molar-refractivity contribution in [1.29, 1.82) is 0 Å². The van der Waals surface area contributed by atoms with Crippen molar-refractivity contribution in [3.8, 4) is 5.75 Å². The Balaban J connectivity index is 1.97. The fourth-order valence-electron chi connectivity index (χ4n) is 4.50. The number of hydrogen-bond acceptors (Lipinski definition) is 3. The van der Waals surface area contributed by atoms with Gasteiger partial charge in [-0.2, -0.15) is 17.6 Å². The predicted molar refractivity (Wildman–Crippen MR) is 113 cm³/mol. The standard InChI is InChI=1S/C23H18ClF6NO3/c1-9-18(10-4-5-13(25)19(27)20(10)33-3)21(34-22(9,2)23(28,29)30)16-8-17(32)11-6-12(24)14(26)7-15(11)31-16/h4-9,18,21H,1-3H3,(H,31,32)/t9-,18-,21-,22+/m0/s1. The van der Waals surface area contributed by atoms with Gasteiger partial charge < -0.3 is 14.5 Å². The Bertz CT molecular complexity index is 1340. The van der Waals surface area contributed by atoms with E-state index in [-0.39, 0.29) is 27.2 Å². The van der Waals surface area contributed by atoms with Crippen molar-refractivity contribution < 1.29 is 35.8 Å². The molecule has 0 radical (unpaired) electrons. The summed E-state index contributed by atoms with van der Waals surface area (Å²) in [6.45, 7) is 2.10. The van der Waals surface area contributed by atoms with Crippen LogP contribution in [-0.4, -0.2) is 23.9 Å². The lowest BCUT2D eigenvalue weighted by Crippen LogP contribution is -2.46. The summed E-state index contributed by atoms with van der Waals surface area (Å²) >= 11 is 5.74. The second-order valence-electron chi connectivity index (χ2n) is 8.34. The van der Waals surface area contributed by atoms with E-state index in [1.165, 1.54) is 6.92 Å². The van der Waals surface area contributed by atoms with Gasteiger partial charge >= 0.3 is 6.18 Å². The fraction of sp³-hybridized carbons (Fsp3) is 0.348. The van der Waals surface area contributed by atoms with Crippen molar-refractivity contribution in [3.05, 3.63) is 74.3 Å². The second-order valence-corrected chi connectivity index (χ2v) is 8.75. The average Bonchev–Trinajstić information content (AvgIpc) is 3.03. The molecule has 2 heterocycles. The van der Waals surface area contributed by atoms with Crippen LogP contribution >= 0.6 is 11.6 Å². The Morgan fingerprint density at radius 2 is 1.79 bits per heavy atom. The summed E-state index contributed by atoms with van der Waals surface area (Å²) in [6, 6.07) is 4.96. The van der Waals surface area contributed by atoms with Crippen molar-refractivity contribution in [2.75, 3.05) is 7.11 Å². The number of alkyl halides is 3. The van der Waals surface area contributed by atoms with E-state index in [1.54, 1.807) is 0 Å². The Kier molecular flexibility index (Phi) is 5.88. The molecule has 0 saturated carbocycles. The molecule has 0 amide bonds. The SMILES string of the molecule is COc1c([C@H]2[C@H](c3cc(=O)c4cc(Cl)c(F)cc4[nH]3)O[C@@](C)(C(F)(F)F)[C@H]2C)ccc(F)c1F. The first kappa shape index (κ1) is 24.4. The van der Waals surface area contributed by atoms with Crippen LogP contribution in [-0.2, 0) is 4.74 Å². The van der Waals surface area contributed by atoms with Crippen molar-refractivity contribution in [1.82, 2.24) is 4.98 Å². The number of halogens is 7. The molecule has 0 spiro atoms. The molecule has 3 aromatic rings. The average molecular weight is 506 g/mol. The fourth-order valence-corrected chi connectivity index (χ4v) is 4.66. The first-order valence-electron chi connectivity index (χ1n) is 10.1. The number of benzene rings is 2. The van der Waals surface area contributed by atoms with Crippen molar-refractivity contribution in [2.45, 2.75) is 37.6 Å². The highest BCUT2D eigenvalue weighted by molar-refractivity contribution is 6.31. The lowest BCUT2D eigenvalue weighted by molar-refractivity contribution is -0.275. The van der Waals surface area contributed by atoms with Gasteiger partial charge in [0.1, 0.15) is 11.9 Å². The number of ether oxygens (including phenoxy) is 2. The zero-order chi connectivity index (χ0) is 25.2. The van der Waals surface area contributed by atoms with E-state index in [0.29, 0.717) is 0 Å². The smallest absolute Gasteiger partial charge is 0.417 e. The first-order chi connectivity index (χ1) is 15.8. The summed E-state index contributed by atoms with van der Waals surface area (Å²) in [4.78, 5) is 15.5. The van der Waals surface area contributed by atoms with E-state index < -0.39 is 58.3 Å². The van der Waals surface area contributed by atoms with Gasteiger partial charge in [0, 0.05) is 34.5 Å². The van der Waals surface area contributed by atoms with E-state index >= 15 is 0 Å². The number of aromatic amines is 1. The van der Waals surface area contributed by atoms with Crippen LogP contribution in [0.2, 0.25) is 5.02 Å². The minimum atomic E-state index is -4.85. The maximum absolute atomic E-state index is 14.5. The highest BCUT2D eigenvalue weighted by Gasteiger charge is 2.65. The number of nitrogens with one attached hydrogen (secondary N) is 1. The number of pyridine rings is 1. The van der Waals surface area contributed by atoms with Gasteiger partial charge in [-0.1, -0.05) is 24.6 Å². The molecule has 0 bridgehead atoms. The number of aromatic nitrogens is 1. The van der Waals surface area contributed by atoms with E-state index in [0.717, 1.165) is 44.4 Å². The van der Waals surface area contributed by atoms with Crippen LogP contribution in [0.25, 0.3) is 10.9 Å². The zero-order valence-electron chi connectivity index (χ0n) is 18.0. The van der Waals surface area contributed by atoms with Crippen LogP contribution in [0.1, 0.15) is 37.1 Å². The van der Waals surface area contributed by atoms with E-state index in [9.17, 15) is 31.1 Å². The minimum Gasteiger partial charge on any atom is -0.493 e. The maximum Gasteiger partial charge on any atom is 0.417 e. The Labute approximate surface area is 194 Å². The highest BCUT2D eigenvalue weighted by atomic mass is 35.5. The second kappa shape index (κ2) is 8.20. The maximum atomic E-state index is 14.5. The Morgan fingerprint density at radius 1 is 1.12 bits per heavy atom. The van der Waals surface area contributed by atoms with Crippen molar-refractivity contribution >= 4 is 22.5 Å². The zero-order valence-corrected chi connectivity index (χ0v) is 18.7. The van der Waals surface area contributed by atoms with E-state index in [1.807, 2.05) is 0 Å². The molecule has 34 heavy (non-hydrogen) atoms. The summed E-state index contributed by atoms with van der Waals surface area (Å²) in [5, 5.41) is -0.285. The molecule has 1 N–H and O–H groups in total. The third-order valence-electron chi connectivity index (χ3n) is 6.51. The molecule has 4 atom stereocenters. The molecular weight excluding hydrogens is 488 g/mol. The number of hydrogen-bond donors (Lipinski definition) is 1. The van der Waals surface area contributed by atoms with Crippen molar-refractivity contribution in [3.63, 3.8) is 0 Å².